The summed E-state index contributed by atoms with van der Waals surface area (Å²) in [5.41, 5.74) is -0.874. The first-order valence-electron chi connectivity index (χ1n) is 9.94. The number of hydrogen-bond donors (Lipinski definition) is 0. The standard InChI is InChI=1S/C21H24O7/c1-20(18(23)25-2)6-3-4-12-13(20)8-14-16-17(22)27-15(11-5-7-26-10-11)9-21(12,16)19(24)28-14/h5,7,10,12-16H,3-4,6,8-9H2,1-2H3/t12-,13+,14+,15-,16-,20+,21+/m0/s1. The van der Waals surface area contributed by atoms with E-state index in [9.17, 15) is 14.4 Å². The molecule has 7 nitrogen and oxygen atoms in total. The highest BCUT2D eigenvalue weighted by Gasteiger charge is 2.74. The maximum Gasteiger partial charge on any atom is 0.314 e. The fraction of sp³-hybridized carbons (Fsp3) is 0.667. The van der Waals surface area contributed by atoms with Crippen molar-refractivity contribution < 1.29 is 33.0 Å². The second-order valence-corrected chi connectivity index (χ2v) is 8.90. The summed E-state index contributed by atoms with van der Waals surface area (Å²) >= 11 is 0. The second-order valence-electron chi connectivity index (χ2n) is 8.90. The van der Waals surface area contributed by atoms with Gasteiger partial charge in [-0.3, -0.25) is 14.4 Å². The third-order valence-corrected chi connectivity index (χ3v) is 7.83. The minimum atomic E-state index is -0.944. The van der Waals surface area contributed by atoms with E-state index in [2.05, 4.69) is 0 Å². The number of cyclic esters (lactones) is 1. The molecule has 1 aromatic heterocycles. The Kier molecular flexibility index (Phi) is 3.71. The van der Waals surface area contributed by atoms with Gasteiger partial charge in [-0.05, 0) is 44.1 Å². The van der Waals surface area contributed by atoms with E-state index in [0.29, 0.717) is 12.8 Å². The monoisotopic (exact) mass is 388 g/mol. The predicted molar refractivity (Wildman–Crippen MR) is 93.5 cm³/mol. The van der Waals surface area contributed by atoms with Crippen LogP contribution in [0.5, 0.6) is 0 Å². The summed E-state index contributed by atoms with van der Waals surface area (Å²) in [6.07, 6.45) is 5.20. The van der Waals surface area contributed by atoms with Crippen LogP contribution in [-0.2, 0) is 28.6 Å². The molecule has 0 radical (unpaired) electrons. The van der Waals surface area contributed by atoms with E-state index >= 15 is 0 Å². The molecule has 0 aromatic carbocycles. The number of hydrogen-bond acceptors (Lipinski definition) is 7. The van der Waals surface area contributed by atoms with Crippen molar-refractivity contribution in [1.82, 2.24) is 0 Å². The van der Waals surface area contributed by atoms with Gasteiger partial charge < -0.3 is 18.6 Å². The van der Waals surface area contributed by atoms with Crippen LogP contribution >= 0.6 is 0 Å². The van der Waals surface area contributed by atoms with Gasteiger partial charge in [-0.1, -0.05) is 6.42 Å². The van der Waals surface area contributed by atoms with Crippen molar-refractivity contribution in [3.05, 3.63) is 24.2 Å². The van der Waals surface area contributed by atoms with Crippen molar-refractivity contribution in [2.24, 2.45) is 28.6 Å². The Balaban J connectivity index is 1.60. The first-order valence-corrected chi connectivity index (χ1v) is 9.94. The Morgan fingerprint density at radius 1 is 1.25 bits per heavy atom. The van der Waals surface area contributed by atoms with E-state index in [0.717, 1.165) is 24.8 Å². The summed E-state index contributed by atoms with van der Waals surface area (Å²) in [4.78, 5) is 38.9. The molecule has 3 heterocycles. The lowest BCUT2D eigenvalue weighted by atomic mass is 9.46. The molecule has 1 aromatic rings. The van der Waals surface area contributed by atoms with E-state index in [4.69, 9.17) is 18.6 Å². The maximum atomic E-state index is 13.2. The number of carbonyl (C=O) groups is 3. The minimum Gasteiger partial charge on any atom is -0.472 e. The Morgan fingerprint density at radius 3 is 2.79 bits per heavy atom. The predicted octanol–water partition coefficient (Wildman–Crippen LogP) is 2.79. The Labute approximate surface area is 162 Å². The summed E-state index contributed by atoms with van der Waals surface area (Å²) in [5.74, 6) is -1.69. The molecule has 28 heavy (non-hydrogen) atoms. The fourth-order valence-corrected chi connectivity index (χ4v) is 6.57. The van der Waals surface area contributed by atoms with Gasteiger partial charge in [0.1, 0.15) is 18.1 Å². The highest BCUT2D eigenvalue weighted by Crippen LogP contribution is 2.67. The van der Waals surface area contributed by atoms with E-state index in [1.807, 2.05) is 6.92 Å². The smallest absolute Gasteiger partial charge is 0.314 e. The van der Waals surface area contributed by atoms with Crippen LogP contribution in [0.3, 0.4) is 0 Å². The normalized spacial score (nSPS) is 44.1. The van der Waals surface area contributed by atoms with Gasteiger partial charge in [0.2, 0.25) is 0 Å². The van der Waals surface area contributed by atoms with Gasteiger partial charge in [0.15, 0.2) is 0 Å². The summed E-state index contributed by atoms with van der Waals surface area (Å²) < 4.78 is 21.7. The molecular formula is C21H24O7. The molecule has 7 atom stereocenters. The molecule has 0 unspecified atom stereocenters. The lowest BCUT2D eigenvalue weighted by molar-refractivity contribution is -0.196. The molecule has 0 spiro atoms. The van der Waals surface area contributed by atoms with Crippen LogP contribution < -0.4 is 0 Å². The van der Waals surface area contributed by atoms with E-state index in [-0.39, 0.29) is 29.7 Å². The molecule has 2 saturated carbocycles. The zero-order valence-electron chi connectivity index (χ0n) is 16.0. The average molecular weight is 388 g/mol. The fourth-order valence-electron chi connectivity index (χ4n) is 6.57. The van der Waals surface area contributed by atoms with E-state index in [1.54, 1.807) is 12.3 Å². The lowest BCUT2D eigenvalue weighted by Crippen LogP contribution is -2.60. The van der Waals surface area contributed by atoms with Crippen LogP contribution in [0, 0.1) is 28.6 Å². The average Bonchev–Trinajstić information content (AvgIpc) is 3.28. The zero-order valence-corrected chi connectivity index (χ0v) is 16.0. The molecular weight excluding hydrogens is 364 g/mol. The molecule has 0 N–H and O–H groups in total. The van der Waals surface area contributed by atoms with Crippen LogP contribution in [0.25, 0.3) is 0 Å². The van der Waals surface area contributed by atoms with Crippen molar-refractivity contribution in [3.63, 3.8) is 0 Å². The van der Waals surface area contributed by atoms with Crippen LogP contribution in [0.2, 0.25) is 0 Å². The third kappa shape index (κ3) is 2.07. The van der Waals surface area contributed by atoms with Crippen molar-refractivity contribution in [2.75, 3.05) is 7.11 Å². The molecule has 2 aliphatic carbocycles. The summed E-state index contributed by atoms with van der Waals surface area (Å²) in [6, 6.07) is 1.76. The Morgan fingerprint density at radius 2 is 2.07 bits per heavy atom. The minimum absolute atomic E-state index is 0.0581. The van der Waals surface area contributed by atoms with Crippen molar-refractivity contribution >= 4 is 17.9 Å². The first-order chi connectivity index (χ1) is 13.4. The van der Waals surface area contributed by atoms with Gasteiger partial charge in [0.05, 0.1) is 30.5 Å². The van der Waals surface area contributed by atoms with Crippen LogP contribution in [0.1, 0.15) is 50.7 Å². The highest BCUT2D eigenvalue weighted by molar-refractivity contribution is 5.91. The topological polar surface area (TPSA) is 92.0 Å². The first kappa shape index (κ1) is 17.8. The van der Waals surface area contributed by atoms with Crippen molar-refractivity contribution in [1.29, 1.82) is 0 Å². The molecule has 2 aliphatic heterocycles. The van der Waals surface area contributed by atoms with Crippen molar-refractivity contribution in [2.45, 2.75) is 51.2 Å². The molecule has 5 rings (SSSR count). The highest BCUT2D eigenvalue weighted by atomic mass is 16.6. The van der Waals surface area contributed by atoms with Gasteiger partial charge in [-0.2, -0.15) is 0 Å². The third-order valence-electron chi connectivity index (χ3n) is 7.83. The number of methoxy groups -OCH3 is 1. The zero-order chi connectivity index (χ0) is 19.7. The molecule has 7 heteroatoms. The Bertz CT molecular complexity index is 830. The lowest BCUT2D eigenvalue weighted by Gasteiger charge is -2.55. The maximum absolute atomic E-state index is 13.2. The summed E-state index contributed by atoms with van der Waals surface area (Å²) in [6.45, 7) is 1.94. The molecule has 2 saturated heterocycles. The molecule has 4 fully saturated rings. The Hall–Kier alpha value is -2.31. The van der Waals surface area contributed by atoms with Gasteiger partial charge in [-0.15, -0.1) is 0 Å². The number of furan rings is 1. The number of esters is 3. The molecule has 150 valence electrons. The van der Waals surface area contributed by atoms with Crippen LogP contribution in [0.4, 0.5) is 0 Å². The quantitative estimate of drug-likeness (QED) is 0.568. The second kappa shape index (κ2) is 5.84. The van der Waals surface area contributed by atoms with Crippen LogP contribution in [0.15, 0.2) is 23.0 Å². The largest absolute Gasteiger partial charge is 0.472 e. The van der Waals surface area contributed by atoms with Crippen LogP contribution in [-0.4, -0.2) is 31.1 Å². The summed E-state index contributed by atoms with van der Waals surface area (Å²) in [7, 11) is 1.41. The molecule has 4 aliphatic rings. The SMILES string of the molecule is COC(=O)[C@]1(C)CCC[C@H]2[C@H]1C[C@H]1OC(=O)[C@]23C[C@@H](c2ccoc2)OC(=O)[C@H]13. The number of fused-ring (bicyclic) bond motifs is 1. The van der Waals surface area contributed by atoms with Gasteiger partial charge in [0.25, 0.3) is 0 Å². The van der Waals surface area contributed by atoms with Crippen molar-refractivity contribution in [3.8, 4) is 0 Å². The number of carbonyl (C=O) groups excluding carboxylic acids is 3. The van der Waals surface area contributed by atoms with Gasteiger partial charge >= 0.3 is 17.9 Å². The van der Waals surface area contributed by atoms with Gasteiger partial charge in [0, 0.05) is 12.0 Å². The van der Waals surface area contributed by atoms with Gasteiger partial charge in [-0.25, -0.2) is 0 Å². The number of ether oxygens (including phenoxy) is 3. The molecule has 2 bridgehead atoms. The van der Waals surface area contributed by atoms with E-state index < -0.39 is 29.0 Å². The van der Waals surface area contributed by atoms with E-state index in [1.165, 1.54) is 13.4 Å². The molecule has 0 amide bonds. The summed E-state index contributed by atoms with van der Waals surface area (Å²) in [5, 5.41) is 0. The number of rotatable bonds is 2.